The zero-order valence-electron chi connectivity index (χ0n) is 20.4. The number of rotatable bonds is 3. The third-order valence-electron chi connectivity index (χ3n) is 6.96. The van der Waals surface area contributed by atoms with Crippen LogP contribution in [0.15, 0.2) is 60.9 Å². The number of β-amino-alcohol motifs (C(OH)–C–C–N with tert-alkyl or cyclic N) is 1. The summed E-state index contributed by atoms with van der Waals surface area (Å²) in [4.78, 5) is 28.4. The molecule has 0 fully saturated rings. The second-order valence-electron chi connectivity index (χ2n) is 9.35. The number of alkyl halides is 3. The van der Waals surface area contributed by atoms with Gasteiger partial charge < -0.3 is 15.7 Å². The van der Waals surface area contributed by atoms with Crippen molar-refractivity contribution in [3.8, 4) is 5.69 Å². The van der Waals surface area contributed by atoms with Crippen molar-refractivity contribution < 1.29 is 36.6 Å². The zero-order chi connectivity index (χ0) is 29.3. The van der Waals surface area contributed by atoms with Crippen LogP contribution in [-0.4, -0.2) is 44.8 Å². The van der Waals surface area contributed by atoms with E-state index in [2.05, 4.69) is 20.8 Å². The normalized spacial score (nSPS) is 19.6. The predicted molar refractivity (Wildman–Crippen MR) is 135 cm³/mol. The van der Waals surface area contributed by atoms with Gasteiger partial charge in [0.25, 0.3) is 5.91 Å². The minimum absolute atomic E-state index is 0.0000163. The third kappa shape index (κ3) is 4.17. The maximum Gasteiger partial charge on any atom is 0.423 e. The van der Waals surface area contributed by atoms with E-state index in [4.69, 9.17) is 11.6 Å². The predicted octanol–water partition coefficient (Wildman–Crippen LogP) is 4.83. The lowest BCUT2D eigenvalue weighted by molar-refractivity contribution is -0.258. The first kappa shape index (κ1) is 26.7. The number of aromatic nitrogens is 3. The summed E-state index contributed by atoms with van der Waals surface area (Å²) in [5.41, 5.74) is -4.29. The fourth-order valence-electron chi connectivity index (χ4n) is 5.09. The molecule has 0 saturated carbocycles. The minimum atomic E-state index is -5.24. The number of hydrogen-bond donors (Lipinski definition) is 3. The number of anilines is 2. The molecular formula is C26H16ClF5N6O3. The number of hydrogen-bond acceptors (Lipinski definition) is 5. The van der Waals surface area contributed by atoms with Crippen molar-refractivity contribution in [3.05, 3.63) is 99.8 Å². The number of aliphatic hydroxyl groups is 1. The van der Waals surface area contributed by atoms with E-state index < -0.39 is 53.5 Å². The van der Waals surface area contributed by atoms with E-state index in [9.17, 15) is 36.6 Å². The number of fused-ring (bicyclic) bond motifs is 2. The molecule has 9 nitrogen and oxygen atoms in total. The standard InChI is InChI=1S/C26H16ClF5N6O3/c27-16-3-1-12(28)9-14(16)22-20-17(4-6-19(21(20)23(39)36-22)38-33-7-8-34-38)35-24(40)37-11-25(41,26(30,31)32)15-10-13(29)2-5-18(15)37/h1-10,22,41H,11H2,(H,35,40)(H,36,39)/t22-,25+/m1/s1. The molecule has 3 amide bonds. The molecule has 2 aliphatic heterocycles. The van der Waals surface area contributed by atoms with Crippen LogP contribution in [0.4, 0.5) is 38.1 Å². The molecule has 0 radical (unpaired) electrons. The Morgan fingerprint density at radius 1 is 1.05 bits per heavy atom. The van der Waals surface area contributed by atoms with Crippen molar-refractivity contribution in [1.29, 1.82) is 0 Å². The molecule has 0 aliphatic carbocycles. The number of nitrogens with one attached hydrogen (secondary N) is 2. The van der Waals surface area contributed by atoms with Gasteiger partial charge >= 0.3 is 12.2 Å². The van der Waals surface area contributed by atoms with Crippen LogP contribution < -0.4 is 15.5 Å². The van der Waals surface area contributed by atoms with Gasteiger partial charge in [-0.25, -0.2) is 13.6 Å². The fraction of sp³-hybridized carbons (Fsp3) is 0.154. The van der Waals surface area contributed by atoms with Gasteiger partial charge in [-0.15, -0.1) is 0 Å². The van der Waals surface area contributed by atoms with Gasteiger partial charge in [0.05, 0.1) is 41.9 Å². The molecule has 2 aliphatic rings. The number of amides is 3. The lowest BCUT2D eigenvalue weighted by Gasteiger charge is -2.27. The quantitative estimate of drug-likeness (QED) is 0.296. The van der Waals surface area contributed by atoms with Crippen molar-refractivity contribution in [1.82, 2.24) is 20.3 Å². The maximum absolute atomic E-state index is 14.2. The Kier molecular flexibility index (Phi) is 6.01. The van der Waals surface area contributed by atoms with Crippen LogP contribution in [0.25, 0.3) is 5.69 Å². The van der Waals surface area contributed by atoms with Crippen LogP contribution in [0.3, 0.4) is 0 Å². The zero-order valence-corrected chi connectivity index (χ0v) is 21.1. The molecule has 3 N–H and O–H groups in total. The Balaban J connectivity index is 1.46. The van der Waals surface area contributed by atoms with E-state index in [0.717, 1.165) is 29.1 Å². The SMILES string of the molecule is O=C1N[C@H](c2cc(F)ccc2Cl)c2c(NC(=O)N3C[C@@](O)(C(F)(F)F)c4cc(F)ccc43)ccc(-n3nccn3)c21. The van der Waals surface area contributed by atoms with Gasteiger partial charge in [-0.05, 0) is 48.5 Å². The van der Waals surface area contributed by atoms with Crippen LogP contribution in [-0.2, 0) is 5.60 Å². The van der Waals surface area contributed by atoms with Crippen LogP contribution in [0, 0.1) is 11.6 Å². The number of carbonyl (C=O) groups excluding carboxylic acids is 2. The molecule has 0 spiro atoms. The highest BCUT2D eigenvalue weighted by Gasteiger charge is 2.61. The van der Waals surface area contributed by atoms with E-state index in [1.54, 1.807) is 0 Å². The van der Waals surface area contributed by atoms with E-state index in [1.165, 1.54) is 30.6 Å². The van der Waals surface area contributed by atoms with Crippen LogP contribution in [0.1, 0.15) is 33.1 Å². The molecule has 15 heteroatoms. The summed E-state index contributed by atoms with van der Waals surface area (Å²) in [7, 11) is 0. The summed E-state index contributed by atoms with van der Waals surface area (Å²) in [6, 6.07) is 6.40. The number of urea groups is 1. The van der Waals surface area contributed by atoms with Crippen molar-refractivity contribution in [2.45, 2.75) is 17.8 Å². The first-order valence-electron chi connectivity index (χ1n) is 11.9. The molecule has 0 unspecified atom stereocenters. The summed E-state index contributed by atoms with van der Waals surface area (Å²) in [6.07, 6.45) is -2.50. The molecule has 4 aromatic rings. The monoisotopic (exact) mass is 590 g/mol. The van der Waals surface area contributed by atoms with Crippen molar-refractivity contribution in [3.63, 3.8) is 0 Å². The van der Waals surface area contributed by atoms with Gasteiger partial charge in [0, 0.05) is 27.4 Å². The Bertz CT molecular complexity index is 1730. The van der Waals surface area contributed by atoms with E-state index in [0.29, 0.717) is 11.0 Å². The van der Waals surface area contributed by atoms with Crippen LogP contribution in [0.2, 0.25) is 5.02 Å². The molecular weight excluding hydrogens is 575 g/mol. The molecule has 3 aromatic carbocycles. The highest BCUT2D eigenvalue weighted by atomic mass is 35.5. The maximum atomic E-state index is 14.2. The smallest absolute Gasteiger partial charge is 0.375 e. The second-order valence-corrected chi connectivity index (χ2v) is 9.75. The minimum Gasteiger partial charge on any atom is -0.375 e. The van der Waals surface area contributed by atoms with Gasteiger partial charge in [-0.2, -0.15) is 28.2 Å². The van der Waals surface area contributed by atoms with Gasteiger partial charge in [-0.1, -0.05) is 11.6 Å². The van der Waals surface area contributed by atoms with Gasteiger partial charge in [0.15, 0.2) is 0 Å². The van der Waals surface area contributed by atoms with Gasteiger partial charge in [-0.3, -0.25) is 9.69 Å². The van der Waals surface area contributed by atoms with E-state index in [1.807, 2.05) is 0 Å². The molecule has 0 bridgehead atoms. The Morgan fingerprint density at radius 3 is 2.41 bits per heavy atom. The third-order valence-corrected chi connectivity index (χ3v) is 7.30. The van der Waals surface area contributed by atoms with Crippen molar-refractivity contribution in [2.75, 3.05) is 16.8 Å². The molecule has 210 valence electrons. The number of carbonyl (C=O) groups is 2. The molecule has 6 rings (SSSR count). The highest BCUT2D eigenvalue weighted by Crippen LogP contribution is 2.49. The Morgan fingerprint density at radius 2 is 1.71 bits per heavy atom. The molecule has 1 aromatic heterocycles. The first-order chi connectivity index (χ1) is 19.4. The molecule has 2 atom stereocenters. The molecule has 3 heterocycles. The van der Waals surface area contributed by atoms with E-state index >= 15 is 0 Å². The highest BCUT2D eigenvalue weighted by molar-refractivity contribution is 6.31. The first-order valence-corrected chi connectivity index (χ1v) is 12.2. The summed E-state index contributed by atoms with van der Waals surface area (Å²) in [5, 5.41) is 23.9. The number of nitrogens with zero attached hydrogens (tertiary/aromatic N) is 4. The van der Waals surface area contributed by atoms with Gasteiger partial charge in [0.2, 0.25) is 5.60 Å². The largest absolute Gasteiger partial charge is 0.423 e. The average Bonchev–Trinajstić information content (AvgIpc) is 3.64. The van der Waals surface area contributed by atoms with Crippen LogP contribution in [0.5, 0.6) is 0 Å². The number of halogens is 6. The topological polar surface area (TPSA) is 112 Å². The molecule has 41 heavy (non-hydrogen) atoms. The van der Waals surface area contributed by atoms with E-state index in [-0.39, 0.29) is 38.8 Å². The second kappa shape index (κ2) is 9.24. The Hall–Kier alpha value is -4.56. The lowest BCUT2D eigenvalue weighted by Crippen LogP contribution is -2.48. The van der Waals surface area contributed by atoms with Gasteiger partial charge in [0.1, 0.15) is 11.6 Å². The number of benzene rings is 3. The van der Waals surface area contributed by atoms with Crippen molar-refractivity contribution in [2.24, 2.45) is 0 Å². The summed E-state index contributed by atoms with van der Waals surface area (Å²) >= 11 is 6.33. The Labute approximate surface area is 232 Å². The van der Waals surface area contributed by atoms with Crippen molar-refractivity contribution >= 4 is 34.9 Å². The molecule has 0 saturated heterocycles. The summed E-state index contributed by atoms with van der Waals surface area (Å²) in [5.74, 6) is -2.33. The summed E-state index contributed by atoms with van der Waals surface area (Å²) in [6.45, 7) is -1.26. The average molecular weight is 591 g/mol. The fourth-order valence-corrected chi connectivity index (χ4v) is 5.31. The lowest BCUT2D eigenvalue weighted by atomic mass is 9.95. The summed E-state index contributed by atoms with van der Waals surface area (Å²) < 4.78 is 69.8. The van der Waals surface area contributed by atoms with Crippen LogP contribution >= 0.6 is 11.6 Å².